The quantitative estimate of drug-likeness (QED) is 0.320. The molecule has 0 spiro atoms. The van der Waals surface area contributed by atoms with Gasteiger partial charge in [-0.25, -0.2) is 9.79 Å². The largest absolute Gasteiger partial charge is 0.478 e. The van der Waals surface area contributed by atoms with E-state index in [0.717, 1.165) is 40.8 Å². The van der Waals surface area contributed by atoms with Crippen molar-refractivity contribution in [3.05, 3.63) is 144 Å². The summed E-state index contributed by atoms with van der Waals surface area (Å²) in [5.41, 5.74) is 7.30. The van der Waals surface area contributed by atoms with E-state index in [0.29, 0.717) is 26.4 Å². The van der Waals surface area contributed by atoms with Gasteiger partial charge in [-0.05, 0) is 66.3 Å². The lowest BCUT2D eigenvalue weighted by atomic mass is 9.83. The maximum atomic E-state index is 13.9. The number of aromatic carboxylic acids is 1. The molecule has 1 aliphatic heterocycles. The molecule has 6 nitrogen and oxygen atoms in total. The number of allylic oxidation sites excluding steroid dienone is 1. The van der Waals surface area contributed by atoms with Crippen molar-refractivity contribution >= 4 is 29.1 Å². The molecule has 0 radical (unpaired) electrons. The number of hydrogen-bond acceptors (Lipinski definition) is 5. The molecule has 3 aromatic carbocycles. The SMILES string of the molecule is Cc1ccc(C(=O)O)cc1-c1ccc(/C=c2\sc3n(c2=O)[C@H](c2ccccc2)C2=C(N=3)c3ccccc3CC2)o1. The molecule has 2 aromatic heterocycles. The molecule has 0 fully saturated rings. The molecule has 0 amide bonds. The average Bonchev–Trinajstić information content (AvgIpc) is 3.56. The molecule has 2 aliphatic rings. The number of nitrogens with zero attached hydrogens (tertiary/aromatic N) is 2. The first-order valence-electron chi connectivity index (χ1n) is 13.1. The van der Waals surface area contributed by atoms with Gasteiger partial charge >= 0.3 is 5.97 Å². The summed E-state index contributed by atoms with van der Waals surface area (Å²) < 4.78 is 8.45. The molecule has 40 heavy (non-hydrogen) atoms. The lowest BCUT2D eigenvalue weighted by Crippen LogP contribution is -2.38. The van der Waals surface area contributed by atoms with Crippen LogP contribution in [0, 0.1) is 6.92 Å². The zero-order valence-corrected chi connectivity index (χ0v) is 22.4. The summed E-state index contributed by atoms with van der Waals surface area (Å²) in [4.78, 5) is 31.1. The van der Waals surface area contributed by atoms with E-state index in [1.54, 1.807) is 36.4 Å². The van der Waals surface area contributed by atoms with E-state index < -0.39 is 5.97 Å². The Bertz CT molecular complexity index is 2030. The van der Waals surface area contributed by atoms with Crippen LogP contribution in [0.1, 0.15) is 50.8 Å². The molecule has 0 unspecified atom stereocenters. The second-order valence-corrected chi connectivity index (χ2v) is 11.1. The number of carboxylic acid groups (broad SMARTS) is 1. The monoisotopic (exact) mass is 544 g/mol. The Labute approximate surface area is 233 Å². The van der Waals surface area contributed by atoms with Gasteiger partial charge in [0.15, 0.2) is 4.80 Å². The Balaban J connectivity index is 1.38. The van der Waals surface area contributed by atoms with Gasteiger partial charge in [0.25, 0.3) is 5.56 Å². The molecule has 196 valence electrons. The Kier molecular flexibility index (Phi) is 5.75. The van der Waals surface area contributed by atoms with Gasteiger partial charge in [0.2, 0.25) is 0 Å². The number of aromatic nitrogens is 1. The number of furan rings is 1. The second kappa shape index (κ2) is 9.47. The summed E-state index contributed by atoms with van der Waals surface area (Å²) in [7, 11) is 0. The molecule has 0 bridgehead atoms. The molecule has 0 saturated carbocycles. The third-order valence-corrected chi connectivity index (χ3v) is 8.62. The number of fused-ring (bicyclic) bond motifs is 3. The highest BCUT2D eigenvalue weighted by molar-refractivity contribution is 7.07. The fourth-order valence-electron chi connectivity index (χ4n) is 5.68. The first kappa shape index (κ1) is 24.3. The third-order valence-electron chi connectivity index (χ3n) is 7.64. The number of carboxylic acids is 1. The van der Waals surface area contributed by atoms with E-state index in [4.69, 9.17) is 9.41 Å². The zero-order valence-electron chi connectivity index (χ0n) is 21.6. The van der Waals surface area contributed by atoms with Crippen LogP contribution in [-0.2, 0) is 6.42 Å². The maximum Gasteiger partial charge on any atom is 0.335 e. The summed E-state index contributed by atoms with van der Waals surface area (Å²) in [6.07, 6.45) is 3.51. The van der Waals surface area contributed by atoms with Gasteiger partial charge in [0.05, 0.1) is 21.8 Å². The maximum absolute atomic E-state index is 13.9. The predicted octanol–water partition coefficient (Wildman–Crippen LogP) is 5.59. The van der Waals surface area contributed by atoms with Crippen molar-refractivity contribution in [1.82, 2.24) is 4.57 Å². The number of thiazole rings is 1. The van der Waals surface area contributed by atoms with Crippen molar-refractivity contribution in [2.24, 2.45) is 4.99 Å². The van der Waals surface area contributed by atoms with Crippen molar-refractivity contribution in [3.63, 3.8) is 0 Å². The summed E-state index contributed by atoms with van der Waals surface area (Å²) in [5.74, 6) is 0.0760. The van der Waals surface area contributed by atoms with E-state index >= 15 is 0 Å². The molecule has 1 aliphatic carbocycles. The fraction of sp³-hybridized carbons (Fsp3) is 0.121. The highest BCUT2D eigenvalue weighted by Gasteiger charge is 2.32. The smallest absolute Gasteiger partial charge is 0.335 e. The van der Waals surface area contributed by atoms with Crippen LogP contribution in [0.25, 0.3) is 23.1 Å². The van der Waals surface area contributed by atoms with Crippen molar-refractivity contribution in [3.8, 4) is 11.3 Å². The Hall–Kier alpha value is -4.75. The van der Waals surface area contributed by atoms with E-state index in [-0.39, 0.29) is 17.2 Å². The minimum Gasteiger partial charge on any atom is -0.478 e. The molecule has 1 atom stereocenters. The topological polar surface area (TPSA) is 84.8 Å². The van der Waals surface area contributed by atoms with Crippen LogP contribution in [0.2, 0.25) is 0 Å². The summed E-state index contributed by atoms with van der Waals surface area (Å²) in [5, 5.41) is 9.41. The molecular weight excluding hydrogens is 520 g/mol. The van der Waals surface area contributed by atoms with Crippen LogP contribution in [0.3, 0.4) is 0 Å². The molecule has 0 saturated heterocycles. The molecule has 5 aromatic rings. The van der Waals surface area contributed by atoms with Gasteiger partial charge in [-0.15, -0.1) is 0 Å². The van der Waals surface area contributed by atoms with Crippen LogP contribution in [0.5, 0.6) is 0 Å². The van der Waals surface area contributed by atoms with Crippen LogP contribution in [0.4, 0.5) is 0 Å². The van der Waals surface area contributed by atoms with Crippen LogP contribution >= 0.6 is 11.3 Å². The normalized spacial score (nSPS) is 16.2. The standard InChI is InChI=1S/C33H24N2O4S/c1-19-11-12-22(32(37)38)17-26(19)27-16-14-23(39-27)18-28-31(36)35-30(21-8-3-2-4-9-21)25-15-13-20-7-5-6-10-24(20)29(25)34-33(35)40-28/h2-12,14,16-18,30H,13,15H2,1H3,(H,37,38)/b28-18-/t30-/m1/s1. The Morgan fingerprint density at radius 2 is 1.80 bits per heavy atom. The minimum atomic E-state index is -0.993. The van der Waals surface area contributed by atoms with Crippen molar-refractivity contribution in [2.75, 3.05) is 0 Å². The van der Waals surface area contributed by atoms with E-state index in [1.165, 1.54) is 16.9 Å². The van der Waals surface area contributed by atoms with Crippen LogP contribution < -0.4 is 14.9 Å². The highest BCUT2D eigenvalue weighted by Crippen LogP contribution is 2.41. The van der Waals surface area contributed by atoms with Crippen molar-refractivity contribution in [1.29, 1.82) is 0 Å². The predicted molar refractivity (Wildman–Crippen MR) is 155 cm³/mol. The average molecular weight is 545 g/mol. The molecule has 1 N–H and O–H groups in total. The lowest BCUT2D eigenvalue weighted by Gasteiger charge is -2.30. The lowest BCUT2D eigenvalue weighted by molar-refractivity contribution is 0.0697. The van der Waals surface area contributed by atoms with Crippen molar-refractivity contribution < 1.29 is 14.3 Å². The molecule has 7 heteroatoms. The third kappa shape index (κ3) is 3.98. The van der Waals surface area contributed by atoms with E-state index in [2.05, 4.69) is 30.3 Å². The number of benzene rings is 3. The Morgan fingerprint density at radius 1 is 1.00 bits per heavy atom. The minimum absolute atomic E-state index is 0.106. The summed E-state index contributed by atoms with van der Waals surface area (Å²) in [6, 6.07) is 26.9. The second-order valence-electron chi connectivity index (χ2n) is 10.1. The van der Waals surface area contributed by atoms with E-state index in [1.807, 2.05) is 35.8 Å². The number of aryl methyl sites for hydroxylation is 2. The molecular formula is C33H24N2O4S. The first-order chi connectivity index (χ1) is 19.5. The first-order valence-corrected chi connectivity index (χ1v) is 13.9. The number of carbonyl (C=O) groups is 1. The molecule has 3 heterocycles. The summed E-state index contributed by atoms with van der Waals surface area (Å²) >= 11 is 1.36. The van der Waals surface area contributed by atoms with Gasteiger partial charge in [-0.2, -0.15) is 0 Å². The van der Waals surface area contributed by atoms with Gasteiger partial charge < -0.3 is 9.52 Å². The van der Waals surface area contributed by atoms with Gasteiger partial charge in [-0.3, -0.25) is 9.36 Å². The van der Waals surface area contributed by atoms with Gasteiger partial charge in [0.1, 0.15) is 11.5 Å². The molecule has 7 rings (SSSR count). The van der Waals surface area contributed by atoms with Crippen LogP contribution in [0.15, 0.2) is 105 Å². The van der Waals surface area contributed by atoms with E-state index in [9.17, 15) is 14.7 Å². The van der Waals surface area contributed by atoms with Crippen LogP contribution in [-0.4, -0.2) is 15.6 Å². The number of hydrogen-bond donors (Lipinski definition) is 1. The summed E-state index contributed by atoms with van der Waals surface area (Å²) in [6.45, 7) is 1.91. The number of rotatable bonds is 4. The Morgan fingerprint density at radius 3 is 2.62 bits per heavy atom. The highest BCUT2D eigenvalue weighted by atomic mass is 32.1. The van der Waals surface area contributed by atoms with Gasteiger partial charge in [-0.1, -0.05) is 72.0 Å². The van der Waals surface area contributed by atoms with Crippen molar-refractivity contribution in [2.45, 2.75) is 25.8 Å². The fourth-order valence-corrected chi connectivity index (χ4v) is 6.66. The van der Waals surface area contributed by atoms with Gasteiger partial charge in [0, 0.05) is 17.2 Å². The zero-order chi connectivity index (χ0) is 27.4.